The maximum atomic E-state index is 11.5. The van der Waals surface area contributed by atoms with E-state index in [0.29, 0.717) is 12.5 Å². The number of hydrogen-bond acceptors (Lipinski definition) is 4. The van der Waals surface area contributed by atoms with Crippen LogP contribution < -0.4 is 5.32 Å². The number of rotatable bonds is 4. The van der Waals surface area contributed by atoms with Crippen LogP contribution in [0.4, 0.5) is 16.2 Å². The van der Waals surface area contributed by atoms with Gasteiger partial charge in [-0.3, -0.25) is 10.1 Å². The minimum absolute atomic E-state index is 0.0628. The van der Waals surface area contributed by atoms with E-state index in [2.05, 4.69) is 26.1 Å². The second-order valence-electron chi connectivity index (χ2n) is 8.53. The number of hydrogen-bond donors (Lipinski definition) is 2. The van der Waals surface area contributed by atoms with E-state index in [-0.39, 0.29) is 28.1 Å². The fourth-order valence-electron chi connectivity index (χ4n) is 3.91. The number of carbonyl (C=O) groups is 1. The first-order valence-corrected chi connectivity index (χ1v) is 9.21. The maximum Gasteiger partial charge on any atom is 0.407 e. The molecule has 3 rings (SSSR count). The highest BCUT2D eigenvalue weighted by Gasteiger charge is 2.39. The molecule has 1 saturated carbocycles. The SMILES string of the molecule is CC(C)(C)C1CC(Nc2ccc([N+](=O)[O-])c(C3CC3)c2)CCN1C(=O)O. The first-order valence-electron chi connectivity index (χ1n) is 9.21. The molecule has 2 atom stereocenters. The second kappa shape index (κ2) is 6.78. The first kappa shape index (κ1) is 18.5. The van der Waals surface area contributed by atoms with Gasteiger partial charge < -0.3 is 15.3 Å². The van der Waals surface area contributed by atoms with Crippen molar-refractivity contribution in [3.8, 4) is 0 Å². The van der Waals surface area contributed by atoms with Crippen LogP contribution in [0.2, 0.25) is 0 Å². The van der Waals surface area contributed by atoms with E-state index in [1.165, 1.54) is 0 Å². The average molecular weight is 361 g/mol. The lowest BCUT2D eigenvalue weighted by Crippen LogP contribution is -2.54. The molecule has 7 nitrogen and oxygen atoms in total. The molecule has 26 heavy (non-hydrogen) atoms. The van der Waals surface area contributed by atoms with Crippen LogP contribution in [-0.2, 0) is 0 Å². The third kappa shape index (κ3) is 3.92. The smallest absolute Gasteiger partial charge is 0.407 e. The molecule has 1 amide bonds. The molecule has 0 spiro atoms. The van der Waals surface area contributed by atoms with Crippen molar-refractivity contribution in [3.63, 3.8) is 0 Å². The number of carboxylic acid groups (broad SMARTS) is 1. The van der Waals surface area contributed by atoms with Crippen LogP contribution in [0, 0.1) is 15.5 Å². The van der Waals surface area contributed by atoms with Gasteiger partial charge in [0.2, 0.25) is 0 Å². The standard InChI is InChI=1S/C19H27N3O4/c1-19(2,3)17-11-14(8-9-21(17)18(23)24)20-13-6-7-16(22(25)26)15(10-13)12-4-5-12/h6-7,10,12,14,17,20H,4-5,8-9,11H2,1-3H3,(H,23,24). The fraction of sp³-hybridized carbons (Fsp3) is 0.632. The summed E-state index contributed by atoms with van der Waals surface area (Å²) in [5, 5.41) is 24.2. The minimum atomic E-state index is -0.866. The van der Waals surface area contributed by atoms with Crippen molar-refractivity contribution in [3.05, 3.63) is 33.9 Å². The molecule has 1 saturated heterocycles. The van der Waals surface area contributed by atoms with Crippen LogP contribution in [0.25, 0.3) is 0 Å². The van der Waals surface area contributed by atoms with Crippen LogP contribution >= 0.6 is 0 Å². The zero-order chi connectivity index (χ0) is 19.1. The number of nitro groups is 1. The minimum Gasteiger partial charge on any atom is -0.465 e. The Hall–Kier alpha value is -2.31. The fourth-order valence-corrected chi connectivity index (χ4v) is 3.91. The summed E-state index contributed by atoms with van der Waals surface area (Å²) >= 11 is 0. The van der Waals surface area contributed by atoms with Crippen molar-refractivity contribution in [2.45, 2.75) is 64.5 Å². The van der Waals surface area contributed by atoms with Gasteiger partial charge in [-0.15, -0.1) is 0 Å². The first-order chi connectivity index (χ1) is 12.2. The Kier molecular flexibility index (Phi) is 4.82. The molecule has 2 aliphatic rings. The van der Waals surface area contributed by atoms with Crippen LogP contribution in [0.15, 0.2) is 18.2 Å². The number of nitro benzene ring substituents is 1. The average Bonchev–Trinajstić information content (AvgIpc) is 3.38. The van der Waals surface area contributed by atoms with Gasteiger partial charge in [0.1, 0.15) is 0 Å². The molecule has 1 aliphatic carbocycles. The van der Waals surface area contributed by atoms with Gasteiger partial charge in [-0.2, -0.15) is 0 Å². The lowest BCUT2D eigenvalue weighted by atomic mass is 9.79. The molecule has 2 fully saturated rings. The number of piperidine rings is 1. The van der Waals surface area contributed by atoms with Crippen LogP contribution in [0.1, 0.15) is 57.9 Å². The number of amides is 1. The molecule has 7 heteroatoms. The predicted octanol–water partition coefficient (Wildman–Crippen LogP) is 4.44. The normalized spacial score (nSPS) is 23.6. The zero-order valence-electron chi connectivity index (χ0n) is 15.6. The van der Waals surface area contributed by atoms with E-state index in [0.717, 1.165) is 36.9 Å². The Bertz CT molecular complexity index is 709. The molecule has 1 aliphatic heterocycles. The topological polar surface area (TPSA) is 95.7 Å². The summed E-state index contributed by atoms with van der Waals surface area (Å²) in [6.45, 7) is 6.69. The summed E-state index contributed by atoms with van der Waals surface area (Å²) in [7, 11) is 0. The van der Waals surface area contributed by atoms with E-state index in [1.54, 1.807) is 17.0 Å². The molecule has 0 aromatic heterocycles. The number of nitrogens with one attached hydrogen (secondary N) is 1. The highest BCUT2D eigenvalue weighted by atomic mass is 16.6. The lowest BCUT2D eigenvalue weighted by molar-refractivity contribution is -0.385. The van der Waals surface area contributed by atoms with Gasteiger partial charge >= 0.3 is 6.09 Å². The molecule has 142 valence electrons. The summed E-state index contributed by atoms with van der Waals surface area (Å²) in [4.78, 5) is 24.0. The summed E-state index contributed by atoms with van der Waals surface area (Å²) in [6, 6.07) is 5.35. The Morgan fingerprint density at radius 3 is 2.54 bits per heavy atom. The number of benzene rings is 1. The van der Waals surface area contributed by atoms with Crippen molar-refractivity contribution in [2.24, 2.45) is 5.41 Å². The lowest BCUT2D eigenvalue weighted by Gasteiger charge is -2.45. The number of likely N-dealkylation sites (tertiary alicyclic amines) is 1. The molecular formula is C19H27N3O4. The molecule has 2 N–H and O–H groups in total. The molecular weight excluding hydrogens is 334 g/mol. The molecule has 0 bridgehead atoms. The Morgan fingerprint density at radius 2 is 2.00 bits per heavy atom. The zero-order valence-corrected chi connectivity index (χ0v) is 15.6. The van der Waals surface area contributed by atoms with Crippen molar-refractivity contribution in [1.29, 1.82) is 0 Å². The van der Waals surface area contributed by atoms with Crippen molar-refractivity contribution < 1.29 is 14.8 Å². The van der Waals surface area contributed by atoms with E-state index >= 15 is 0 Å². The highest BCUT2D eigenvalue weighted by Crippen LogP contribution is 2.45. The summed E-state index contributed by atoms with van der Waals surface area (Å²) in [5.74, 6) is 0.299. The quantitative estimate of drug-likeness (QED) is 0.610. The largest absolute Gasteiger partial charge is 0.465 e. The molecule has 1 heterocycles. The number of anilines is 1. The van der Waals surface area contributed by atoms with E-state index in [1.807, 2.05) is 6.07 Å². The summed E-state index contributed by atoms with van der Waals surface area (Å²) in [5.41, 5.74) is 1.76. The maximum absolute atomic E-state index is 11.5. The van der Waals surface area contributed by atoms with Gasteiger partial charge in [0.15, 0.2) is 0 Å². The van der Waals surface area contributed by atoms with Gasteiger partial charge in [-0.1, -0.05) is 20.8 Å². The molecule has 1 aromatic carbocycles. The van der Waals surface area contributed by atoms with Crippen molar-refractivity contribution >= 4 is 17.5 Å². The Labute approximate surface area is 153 Å². The summed E-state index contributed by atoms with van der Waals surface area (Å²) < 4.78 is 0. The van der Waals surface area contributed by atoms with Crippen molar-refractivity contribution in [1.82, 2.24) is 4.90 Å². The molecule has 2 unspecified atom stereocenters. The molecule has 1 aromatic rings. The van der Waals surface area contributed by atoms with Gasteiger partial charge in [0, 0.05) is 35.9 Å². The Balaban J connectivity index is 1.76. The predicted molar refractivity (Wildman–Crippen MR) is 99.7 cm³/mol. The monoisotopic (exact) mass is 361 g/mol. The van der Waals surface area contributed by atoms with Gasteiger partial charge in [0.25, 0.3) is 5.69 Å². The van der Waals surface area contributed by atoms with E-state index in [9.17, 15) is 20.0 Å². The van der Waals surface area contributed by atoms with E-state index in [4.69, 9.17) is 0 Å². The Morgan fingerprint density at radius 1 is 1.31 bits per heavy atom. The van der Waals surface area contributed by atoms with Crippen LogP contribution in [0.3, 0.4) is 0 Å². The van der Waals surface area contributed by atoms with E-state index < -0.39 is 6.09 Å². The third-order valence-corrected chi connectivity index (χ3v) is 5.46. The highest BCUT2D eigenvalue weighted by molar-refractivity contribution is 5.66. The number of nitrogens with zero attached hydrogens (tertiary/aromatic N) is 2. The van der Waals surface area contributed by atoms with Crippen LogP contribution in [0.5, 0.6) is 0 Å². The molecule has 0 radical (unpaired) electrons. The van der Waals surface area contributed by atoms with Gasteiger partial charge in [0.05, 0.1) is 4.92 Å². The van der Waals surface area contributed by atoms with Crippen LogP contribution in [-0.4, -0.2) is 39.7 Å². The van der Waals surface area contributed by atoms with Crippen molar-refractivity contribution in [2.75, 3.05) is 11.9 Å². The van der Waals surface area contributed by atoms with Gasteiger partial charge in [-0.25, -0.2) is 4.79 Å². The second-order valence-corrected chi connectivity index (χ2v) is 8.53. The summed E-state index contributed by atoms with van der Waals surface area (Å²) in [6.07, 6.45) is 2.61. The third-order valence-electron chi connectivity index (χ3n) is 5.46. The van der Waals surface area contributed by atoms with Gasteiger partial charge in [-0.05, 0) is 49.1 Å².